The topological polar surface area (TPSA) is 68.3 Å². The van der Waals surface area contributed by atoms with Gasteiger partial charge in [-0.3, -0.25) is 9.59 Å². The Morgan fingerprint density at radius 1 is 0.938 bits per heavy atom. The first-order valence-electron chi connectivity index (χ1n) is 10.9. The molecule has 1 spiro atoms. The van der Waals surface area contributed by atoms with Gasteiger partial charge in [0.1, 0.15) is 17.2 Å². The number of piperidine rings is 1. The second-order valence-corrected chi connectivity index (χ2v) is 8.63. The zero-order chi connectivity index (χ0) is 22.7. The highest BCUT2D eigenvalue weighted by molar-refractivity contribution is 5.97. The van der Waals surface area contributed by atoms with Gasteiger partial charge >= 0.3 is 0 Å². The SMILES string of the molecule is COc1ccc(CN2CC3(CCN(C(=O)c4ccc(OC)cc4OC)CC3)CC2=O)cc1. The molecule has 2 aromatic carbocycles. The number of nitrogens with zero attached hydrogens (tertiary/aromatic N) is 2. The van der Waals surface area contributed by atoms with E-state index < -0.39 is 0 Å². The molecule has 0 aliphatic carbocycles. The molecule has 0 aromatic heterocycles. The number of likely N-dealkylation sites (tertiary alicyclic amines) is 2. The number of rotatable bonds is 6. The van der Waals surface area contributed by atoms with E-state index in [-0.39, 0.29) is 17.2 Å². The summed E-state index contributed by atoms with van der Waals surface area (Å²) in [5.74, 6) is 2.12. The summed E-state index contributed by atoms with van der Waals surface area (Å²) in [7, 11) is 4.78. The van der Waals surface area contributed by atoms with Crippen LogP contribution < -0.4 is 14.2 Å². The van der Waals surface area contributed by atoms with Crippen molar-refractivity contribution in [2.24, 2.45) is 5.41 Å². The molecule has 7 heteroatoms. The zero-order valence-corrected chi connectivity index (χ0v) is 18.9. The van der Waals surface area contributed by atoms with Crippen LogP contribution in [0.15, 0.2) is 42.5 Å². The molecule has 170 valence electrons. The van der Waals surface area contributed by atoms with Crippen LogP contribution in [0.3, 0.4) is 0 Å². The Balaban J connectivity index is 1.38. The monoisotopic (exact) mass is 438 g/mol. The molecule has 2 heterocycles. The van der Waals surface area contributed by atoms with Crippen molar-refractivity contribution in [3.8, 4) is 17.2 Å². The number of ether oxygens (including phenoxy) is 3. The summed E-state index contributed by atoms with van der Waals surface area (Å²) in [5, 5.41) is 0. The van der Waals surface area contributed by atoms with Crippen molar-refractivity contribution < 1.29 is 23.8 Å². The highest BCUT2D eigenvalue weighted by Crippen LogP contribution is 2.42. The lowest BCUT2D eigenvalue weighted by molar-refractivity contribution is -0.128. The lowest BCUT2D eigenvalue weighted by Gasteiger charge is -2.39. The Morgan fingerprint density at radius 3 is 2.22 bits per heavy atom. The van der Waals surface area contributed by atoms with Gasteiger partial charge in [0.25, 0.3) is 5.91 Å². The van der Waals surface area contributed by atoms with Crippen LogP contribution in [-0.2, 0) is 11.3 Å². The Bertz CT molecular complexity index is 980. The number of hydrogen-bond donors (Lipinski definition) is 0. The molecule has 0 saturated carbocycles. The second kappa shape index (κ2) is 9.10. The van der Waals surface area contributed by atoms with Crippen molar-refractivity contribution in [2.75, 3.05) is 41.0 Å². The molecule has 0 N–H and O–H groups in total. The van der Waals surface area contributed by atoms with Crippen molar-refractivity contribution in [2.45, 2.75) is 25.8 Å². The molecular formula is C25H30N2O5. The third-order valence-electron chi connectivity index (χ3n) is 6.69. The molecule has 2 amide bonds. The van der Waals surface area contributed by atoms with Crippen molar-refractivity contribution in [1.29, 1.82) is 0 Å². The van der Waals surface area contributed by atoms with E-state index in [1.807, 2.05) is 34.1 Å². The summed E-state index contributed by atoms with van der Waals surface area (Å²) in [6.07, 6.45) is 2.20. The van der Waals surface area contributed by atoms with E-state index in [0.29, 0.717) is 43.1 Å². The summed E-state index contributed by atoms with van der Waals surface area (Å²) >= 11 is 0. The molecule has 2 saturated heterocycles. The average Bonchev–Trinajstić information content (AvgIpc) is 3.13. The Hall–Kier alpha value is -3.22. The summed E-state index contributed by atoms with van der Waals surface area (Å²) in [6.45, 7) is 2.62. The van der Waals surface area contributed by atoms with Crippen molar-refractivity contribution in [3.05, 3.63) is 53.6 Å². The lowest BCUT2D eigenvalue weighted by atomic mass is 9.77. The first kappa shape index (κ1) is 22.0. The minimum Gasteiger partial charge on any atom is -0.497 e. The molecule has 0 radical (unpaired) electrons. The fraction of sp³-hybridized carbons (Fsp3) is 0.440. The summed E-state index contributed by atoms with van der Waals surface area (Å²) in [5.41, 5.74) is 1.58. The molecule has 0 bridgehead atoms. The Kier molecular flexibility index (Phi) is 6.26. The second-order valence-electron chi connectivity index (χ2n) is 8.63. The normalized spacial score (nSPS) is 17.5. The first-order valence-corrected chi connectivity index (χ1v) is 10.9. The van der Waals surface area contributed by atoms with Gasteiger partial charge in [-0.05, 0) is 42.7 Å². The van der Waals surface area contributed by atoms with Crippen LogP contribution in [0.5, 0.6) is 17.2 Å². The smallest absolute Gasteiger partial charge is 0.257 e. The fourth-order valence-corrected chi connectivity index (χ4v) is 4.74. The van der Waals surface area contributed by atoms with Crippen molar-refractivity contribution in [3.63, 3.8) is 0 Å². The molecule has 32 heavy (non-hydrogen) atoms. The van der Waals surface area contributed by atoms with E-state index in [0.717, 1.165) is 30.7 Å². The number of benzene rings is 2. The lowest BCUT2D eigenvalue weighted by Crippen LogP contribution is -2.44. The molecule has 2 aliphatic heterocycles. The largest absolute Gasteiger partial charge is 0.497 e. The van der Waals surface area contributed by atoms with Gasteiger partial charge in [0.2, 0.25) is 5.91 Å². The highest BCUT2D eigenvalue weighted by Gasteiger charge is 2.45. The third kappa shape index (κ3) is 4.38. The first-order chi connectivity index (χ1) is 15.5. The number of carbonyl (C=O) groups excluding carboxylic acids is 2. The standard InChI is InChI=1S/C25H30N2O5/c1-30-19-6-4-18(5-7-19)16-27-17-25(15-23(27)28)10-12-26(13-11-25)24(29)21-9-8-20(31-2)14-22(21)32-3/h4-9,14H,10-13,15-17H2,1-3H3. The number of hydrogen-bond acceptors (Lipinski definition) is 5. The molecular weight excluding hydrogens is 408 g/mol. The van der Waals surface area contributed by atoms with Crippen LogP contribution in [0, 0.1) is 5.41 Å². The average molecular weight is 439 g/mol. The fourth-order valence-electron chi connectivity index (χ4n) is 4.74. The quantitative estimate of drug-likeness (QED) is 0.692. The van der Waals surface area contributed by atoms with Gasteiger partial charge in [-0.1, -0.05) is 12.1 Å². The van der Waals surface area contributed by atoms with Gasteiger partial charge in [0.05, 0.1) is 26.9 Å². The van der Waals surface area contributed by atoms with Crippen LogP contribution >= 0.6 is 0 Å². The maximum atomic E-state index is 13.1. The summed E-state index contributed by atoms with van der Waals surface area (Å²) in [6, 6.07) is 13.1. The molecule has 2 aliphatic rings. The summed E-state index contributed by atoms with van der Waals surface area (Å²) in [4.78, 5) is 29.7. The van der Waals surface area contributed by atoms with E-state index in [2.05, 4.69) is 0 Å². The predicted molar refractivity (Wildman–Crippen MR) is 120 cm³/mol. The van der Waals surface area contributed by atoms with Crippen LogP contribution in [0.25, 0.3) is 0 Å². The molecule has 2 aromatic rings. The van der Waals surface area contributed by atoms with Gasteiger partial charge in [-0.15, -0.1) is 0 Å². The van der Waals surface area contributed by atoms with E-state index in [4.69, 9.17) is 14.2 Å². The molecule has 0 atom stereocenters. The zero-order valence-electron chi connectivity index (χ0n) is 18.9. The van der Waals surface area contributed by atoms with Gasteiger partial charge in [0, 0.05) is 44.1 Å². The van der Waals surface area contributed by atoms with Crippen LogP contribution in [0.4, 0.5) is 0 Å². The molecule has 4 rings (SSSR count). The number of amides is 2. The van der Waals surface area contributed by atoms with Gasteiger partial charge in [-0.2, -0.15) is 0 Å². The minimum absolute atomic E-state index is 0.0428. The van der Waals surface area contributed by atoms with Crippen LogP contribution in [0.2, 0.25) is 0 Å². The summed E-state index contributed by atoms with van der Waals surface area (Å²) < 4.78 is 15.8. The van der Waals surface area contributed by atoms with Gasteiger partial charge in [-0.25, -0.2) is 0 Å². The van der Waals surface area contributed by atoms with E-state index in [1.54, 1.807) is 39.5 Å². The molecule has 7 nitrogen and oxygen atoms in total. The van der Waals surface area contributed by atoms with Crippen LogP contribution in [0.1, 0.15) is 35.2 Å². The number of methoxy groups -OCH3 is 3. The Labute approximate surface area is 188 Å². The van der Waals surface area contributed by atoms with Crippen LogP contribution in [-0.4, -0.2) is 62.6 Å². The van der Waals surface area contributed by atoms with Crippen molar-refractivity contribution in [1.82, 2.24) is 9.80 Å². The van der Waals surface area contributed by atoms with Crippen molar-refractivity contribution >= 4 is 11.8 Å². The number of carbonyl (C=O) groups is 2. The third-order valence-corrected chi connectivity index (χ3v) is 6.69. The maximum absolute atomic E-state index is 13.1. The maximum Gasteiger partial charge on any atom is 0.257 e. The van der Waals surface area contributed by atoms with E-state index in [9.17, 15) is 9.59 Å². The van der Waals surface area contributed by atoms with Gasteiger partial charge < -0.3 is 24.0 Å². The molecule has 0 unspecified atom stereocenters. The Morgan fingerprint density at radius 2 is 1.59 bits per heavy atom. The molecule has 2 fully saturated rings. The van der Waals surface area contributed by atoms with Gasteiger partial charge in [0.15, 0.2) is 0 Å². The van der Waals surface area contributed by atoms with E-state index >= 15 is 0 Å². The van der Waals surface area contributed by atoms with E-state index in [1.165, 1.54) is 0 Å². The predicted octanol–water partition coefficient (Wildman–Crippen LogP) is 3.37. The highest BCUT2D eigenvalue weighted by atomic mass is 16.5. The minimum atomic E-state index is -0.0513.